The number of amides is 1. The van der Waals surface area contributed by atoms with Crippen LogP contribution in [0.3, 0.4) is 0 Å². The molecule has 2 saturated heterocycles. The molecule has 3 atom stereocenters. The number of piperidine rings is 1. The minimum absolute atomic E-state index is 0.182. The van der Waals surface area contributed by atoms with Crippen LogP contribution < -0.4 is 0 Å². The van der Waals surface area contributed by atoms with Crippen molar-refractivity contribution in [1.82, 2.24) is 4.90 Å². The van der Waals surface area contributed by atoms with Crippen molar-refractivity contribution in [2.75, 3.05) is 0 Å². The fourth-order valence-electron chi connectivity index (χ4n) is 3.64. The first kappa shape index (κ1) is 14.4. The maximum atomic E-state index is 12.3. The summed E-state index contributed by atoms with van der Waals surface area (Å²) in [5, 5.41) is 0. The lowest BCUT2D eigenvalue weighted by Gasteiger charge is -2.62. The molecule has 4 nitrogen and oxygen atoms in total. The molecule has 1 saturated carbocycles. The minimum Gasteiger partial charge on any atom is -0.444 e. The second kappa shape index (κ2) is 4.50. The molecule has 1 aliphatic carbocycles. The van der Waals surface area contributed by atoms with Gasteiger partial charge >= 0.3 is 6.09 Å². The van der Waals surface area contributed by atoms with Gasteiger partial charge in [-0.2, -0.15) is 0 Å². The molecule has 3 fully saturated rings. The summed E-state index contributed by atoms with van der Waals surface area (Å²) in [7, 11) is 0. The quantitative estimate of drug-likeness (QED) is 0.772. The van der Waals surface area contributed by atoms with Crippen LogP contribution in [0.25, 0.3) is 0 Å². The third-order valence-electron chi connectivity index (χ3n) is 4.19. The van der Waals surface area contributed by atoms with Crippen LogP contribution in [0, 0.1) is 5.92 Å². The van der Waals surface area contributed by atoms with Gasteiger partial charge in [-0.25, -0.2) is 4.79 Å². The molecule has 0 spiro atoms. The Morgan fingerprint density at radius 2 is 1.95 bits per heavy atom. The number of Topliss-reactive ketones (excluding diaryl/α,β-unsaturated/α-hetero) is 1. The van der Waals surface area contributed by atoms with Crippen LogP contribution in [0.1, 0.15) is 60.3 Å². The van der Waals surface area contributed by atoms with Gasteiger partial charge in [0.15, 0.2) is 5.78 Å². The smallest absolute Gasteiger partial charge is 0.411 e. The second-order valence-electron chi connectivity index (χ2n) is 7.06. The van der Waals surface area contributed by atoms with E-state index in [9.17, 15) is 9.59 Å². The summed E-state index contributed by atoms with van der Waals surface area (Å²) in [5.74, 6) is 0.689. The number of carbonyl (C=O) groups is 2. The van der Waals surface area contributed by atoms with E-state index in [4.69, 9.17) is 4.74 Å². The predicted molar refractivity (Wildman–Crippen MR) is 72.9 cm³/mol. The average molecular weight is 267 g/mol. The molecule has 1 amide bonds. The maximum Gasteiger partial charge on any atom is 0.411 e. The number of ketones is 1. The van der Waals surface area contributed by atoms with Gasteiger partial charge in [-0.05, 0) is 46.0 Å². The Bertz CT molecular complexity index is 399. The first-order chi connectivity index (χ1) is 8.69. The number of rotatable bonds is 2. The molecule has 3 unspecified atom stereocenters. The highest BCUT2D eigenvalue weighted by Crippen LogP contribution is 2.51. The van der Waals surface area contributed by atoms with Gasteiger partial charge < -0.3 is 4.74 Å². The van der Waals surface area contributed by atoms with Crippen LogP contribution in [0.4, 0.5) is 4.79 Å². The fraction of sp³-hybridized carbons (Fsp3) is 0.867. The molecule has 0 radical (unpaired) electrons. The van der Waals surface area contributed by atoms with Crippen molar-refractivity contribution in [3.05, 3.63) is 0 Å². The van der Waals surface area contributed by atoms with Gasteiger partial charge in [0, 0.05) is 12.5 Å². The Balaban J connectivity index is 2.20. The molecule has 108 valence electrons. The summed E-state index contributed by atoms with van der Waals surface area (Å²) in [6.45, 7) is 9.61. The molecule has 3 rings (SSSR count). The second-order valence-corrected chi connectivity index (χ2v) is 7.06. The highest BCUT2D eigenvalue weighted by molar-refractivity contribution is 5.93. The molecule has 0 aromatic heterocycles. The van der Waals surface area contributed by atoms with Gasteiger partial charge in [0.25, 0.3) is 0 Å². The van der Waals surface area contributed by atoms with E-state index in [1.165, 1.54) is 0 Å². The van der Waals surface area contributed by atoms with Crippen molar-refractivity contribution in [1.29, 1.82) is 0 Å². The molecule has 19 heavy (non-hydrogen) atoms. The number of hydrogen-bond acceptors (Lipinski definition) is 3. The van der Waals surface area contributed by atoms with E-state index in [1.54, 1.807) is 4.90 Å². The molecule has 2 aliphatic heterocycles. The molecular formula is C15H25NO3. The summed E-state index contributed by atoms with van der Waals surface area (Å²) in [5.41, 5.74) is -1.08. The van der Waals surface area contributed by atoms with E-state index < -0.39 is 11.1 Å². The normalized spacial score (nSPS) is 33.6. The average Bonchev–Trinajstić information content (AvgIpc) is 2.23. The van der Waals surface area contributed by atoms with Crippen LogP contribution >= 0.6 is 0 Å². The lowest BCUT2D eigenvalue weighted by Crippen LogP contribution is -2.75. The van der Waals surface area contributed by atoms with Crippen LogP contribution in [-0.4, -0.2) is 34.0 Å². The van der Waals surface area contributed by atoms with E-state index in [0.29, 0.717) is 12.3 Å². The summed E-state index contributed by atoms with van der Waals surface area (Å²) in [6.07, 6.45) is 2.76. The van der Waals surface area contributed by atoms with Crippen LogP contribution in [0.2, 0.25) is 0 Å². The van der Waals surface area contributed by atoms with E-state index in [-0.39, 0.29) is 17.9 Å². The molecule has 2 heterocycles. The van der Waals surface area contributed by atoms with E-state index in [1.807, 2.05) is 27.7 Å². The van der Waals surface area contributed by atoms with Crippen molar-refractivity contribution in [2.45, 2.75) is 77.5 Å². The van der Waals surface area contributed by atoms with Crippen LogP contribution in [-0.2, 0) is 9.53 Å². The molecular weight excluding hydrogens is 242 g/mol. The highest BCUT2D eigenvalue weighted by atomic mass is 16.6. The number of hydrogen-bond donors (Lipinski definition) is 0. The summed E-state index contributed by atoms with van der Waals surface area (Å²) >= 11 is 0. The fourth-order valence-corrected chi connectivity index (χ4v) is 3.64. The zero-order chi connectivity index (χ0) is 14.4. The summed E-state index contributed by atoms with van der Waals surface area (Å²) < 4.78 is 5.47. The lowest BCUT2D eigenvalue weighted by atomic mass is 9.62. The Morgan fingerprint density at radius 3 is 2.47 bits per heavy atom. The van der Waals surface area contributed by atoms with Gasteiger partial charge in [-0.3, -0.25) is 9.69 Å². The van der Waals surface area contributed by atoms with Gasteiger partial charge in [0.2, 0.25) is 0 Å². The first-order valence-electron chi connectivity index (χ1n) is 7.25. The monoisotopic (exact) mass is 267 g/mol. The Kier molecular flexibility index (Phi) is 3.40. The van der Waals surface area contributed by atoms with Crippen LogP contribution in [0.15, 0.2) is 0 Å². The SMILES string of the molecule is CCC(=O)C12CC(C)CC(C1)N2C(=O)OC(C)(C)C. The Hall–Kier alpha value is -1.06. The topological polar surface area (TPSA) is 46.6 Å². The molecule has 0 N–H and O–H groups in total. The van der Waals surface area contributed by atoms with Crippen molar-refractivity contribution in [2.24, 2.45) is 5.92 Å². The van der Waals surface area contributed by atoms with Crippen molar-refractivity contribution in [3.8, 4) is 0 Å². The van der Waals surface area contributed by atoms with Gasteiger partial charge in [0.1, 0.15) is 11.1 Å². The molecule has 4 heteroatoms. The largest absolute Gasteiger partial charge is 0.444 e. The summed E-state index contributed by atoms with van der Waals surface area (Å²) in [6, 6.07) is 0.189. The number of carbonyl (C=O) groups excluding carboxylic acids is 2. The standard InChI is InChI=1S/C15H25NO3/c1-6-12(17)15-8-10(2)7-11(9-15)16(15)13(18)19-14(3,4)5/h10-11H,6-9H2,1-5H3. The van der Waals surface area contributed by atoms with Crippen molar-refractivity contribution < 1.29 is 14.3 Å². The highest BCUT2D eigenvalue weighted by Gasteiger charge is 2.62. The Morgan fingerprint density at radius 1 is 1.32 bits per heavy atom. The Labute approximate surface area is 115 Å². The number of ether oxygens (including phenoxy) is 1. The maximum absolute atomic E-state index is 12.3. The van der Waals surface area contributed by atoms with E-state index in [2.05, 4.69) is 6.92 Å². The van der Waals surface area contributed by atoms with E-state index >= 15 is 0 Å². The van der Waals surface area contributed by atoms with Crippen molar-refractivity contribution in [3.63, 3.8) is 0 Å². The zero-order valence-corrected chi connectivity index (χ0v) is 12.7. The zero-order valence-electron chi connectivity index (χ0n) is 12.7. The molecule has 0 aromatic carbocycles. The lowest BCUT2D eigenvalue weighted by molar-refractivity contribution is -0.160. The minimum atomic E-state index is -0.570. The summed E-state index contributed by atoms with van der Waals surface area (Å²) in [4.78, 5) is 26.4. The van der Waals surface area contributed by atoms with Crippen LogP contribution in [0.5, 0.6) is 0 Å². The first-order valence-corrected chi connectivity index (χ1v) is 7.25. The number of nitrogens with zero attached hydrogens (tertiary/aromatic N) is 1. The molecule has 0 aromatic rings. The predicted octanol–water partition coefficient (Wildman–Crippen LogP) is 3.14. The number of fused-ring (bicyclic) bond motifs is 2. The van der Waals surface area contributed by atoms with Gasteiger partial charge in [-0.15, -0.1) is 0 Å². The van der Waals surface area contributed by atoms with Crippen molar-refractivity contribution >= 4 is 11.9 Å². The third kappa shape index (κ3) is 2.37. The third-order valence-corrected chi connectivity index (χ3v) is 4.19. The molecule has 3 aliphatic rings. The van der Waals surface area contributed by atoms with Gasteiger partial charge in [0.05, 0.1) is 0 Å². The van der Waals surface area contributed by atoms with E-state index in [0.717, 1.165) is 19.3 Å². The molecule has 2 bridgehead atoms. The van der Waals surface area contributed by atoms with Gasteiger partial charge in [-0.1, -0.05) is 13.8 Å².